The Labute approximate surface area is 106 Å². The summed E-state index contributed by atoms with van der Waals surface area (Å²) >= 11 is 5.90. The van der Waals surface area contributed by atoms with E-state index in [2.05, 4.69) is 0 Å². The van der Waals surface area contributed by atoms with Crippen LogP contribution in [0.4, 0.5) is 8.78 Å². The molecule has 2 atom stereocenters. The minimum atomic E-state index is -1.10. The van der Waals surface area contributed by atoms with E-state index in [1.807, 2.05) is 13.8 Å². The van der Waals surface area contributed by atoms with Crippen LogP contribution in [0.25, 0.3) is 0 Å². The maximum atomic E-state index is 14.1. The molecule has 17 heavy (non-hydrogen) atoms. The number of benzene rings is 1. The van der Waals surface area contributed by atoms with Crippen molar-refractivity contribution in [3.05, 3.63) is 34.6 Å². The number of nitrogens with two attached hydrogens (primary N) is 1. The van der Waals surface area contributed by atoms with Crippen molar-refractivity contribution >= 4 is 11.6 Å². The fourth-order valence-electron chi connectivity index (χ4n) is 1.90. The van der Waals surface area contributed by atoms with Crippen LogP contribution in [-0.2, 0) is 6.42 Å². The zero-order valence-electron chi connectivity index (χ0n) is 10.1. The van der Waals surface area contributed by atoms with E-state index < -0.39 is 12.0 Å². The molecule has 0 saturated carbocycles. The van der Waals surface area contributed by atoms with Crippen LogP contribution in [0, 0.1) is 17.7 Å². The smallest absolute Gasteiger partial charge is 0.123 e. The van der Waals surface area contributed by atoms with Crippen molar-refractivity contribution in [1.29, 1.82) is 0 Å². The van der Waals surface area contributed by atoms with Gasteiger partial charge in [0, 0.05) is 17.4 Å². The average Bonchev–Trinajstić information content (AvgIpc) is 2.24. The van der Waals surface area contributed by atoms with Crippen LogP contribution in [0.2, 0.25) is 5.02 Å². The first-order chi connectivity index (χ1) is 7.95. The molecule has 1 aromatic carbocycles. The third kappa shape index (κ3) is 3.93. The fraction of sp³-hybridized carbons (Fsp3) is 0.538. The third-order valence-corrected chi connectivity index (χ3v) is 3.38. The molecule has 0 aliphatic carbocycles. The van der Waals surface area contributed by atoms with Crippen molar-refractivity contribution in [3.8, 4) is 0 Å². The first-order valence-corrected chi connectivity index (χ1v) is 6.11. The second kappa shape index (κ2) is 6.31. The van der Waals surface area contributed by atoms with Gasteiger partial charge in [-0.2, -0.15) is 0 Å². The summed E-state index contributed by atoms with van der Waals surface area (Å²) in [6.45, 7) is 4.14. The Morgan fingerprint density at radius 2 is 2.00 bits per heavy atom. The monoisotopic (exact) mass is 261 g/mol. The van der Waals surface area contributed by atoms with Crippen LogP contribution < -0.4 is 5.73 Å². The van der Waals surface area contributed by atoms with E-state index >= 15 is 0 Å². The van der Waals surface area contributed by atoms with Crippen LogP contribution >= 0.6 is 11.6 Å². The van der Waals surface area contributed by atoms with Crippen LogP contribution in [0.1, 0.15) is 19.4 Å². The molecule has 1 rings (SSSR count). The predicted octanol–water partition coefficient (Wildman–Crippen LogP) is 3.59. The predicted molar refractivity (Wildman–Crippen MR) is 67.4 cm³/mol. The van der Waals surface area contributed by atoms with Crippen molar-refractivity contribution in [1.82, 2.24) is 0 Å². The zero-order chi connectivity index (χ0) is 13.0. The van der Waals surface area contributed by atoms with Gasteiger partial charge in [0.15, 0.2) is 0 Å². The number of halogens is 3. The summed E-state index contributed by atoms with van der Waals surface area (Å²) in [5, 5.41) is 0.397. The van der Waals surface area contributed by atoms with Gasteiger partial charge in [0.05, 0.1) is 0 Å². The van der Waals surface area contributed by atoms with Gasteiger partial charge in [0.1, 0.15) is 12.0 Å². The molecule has 0 aliphatic heterocycles. The van der Waals surface area contributed by atoms with Crippen LogP contribution in [-0.4, -0.2) is 12.7 Å². The quantitative estimate of drug-likeness (QED) is 0.861. The lowest BCUT2D eigenvalue weighted by Gasteiger charge is -2.23. The van der Waals surface area contributed by atoms with Crippen LogP contribution in [0.3, 0.4) is 0 Å². The summed E-state index contributed by atoms with van der Waals surface area (Å²) in [6.07, 6.45) is -0.990. The van der Waals surface area contributed by atoms with Gasteiger partial charge in [0.2, 0.25) is 0 Å². The zero-order valence-corrected chi connectivity index (χ0v) is 10.8. The molecule has 0 heterocycles. The van der Waals surface area contributed by atoms with E-state index in [1.54, 1.807) is 0 Å². The Bertz CT molecular complexity index is 368. The van der Waals surface area contributed by atoms with Gasteiger partial charge in [0.25, 0.3) is 0 Å². The van der Waals surface area contributed by atoms with Gasteiger partial charge in [-0.15, -0.1) is 0 Å². The van der Waals surface area contributed by atoms with Gasteiger partial charge >= 0.3 is 0 Å². The molecule has 0 aromatic heterocycles. The maximum Gasteiger partial charge on any atom is 0.123 e. The minimum Gasteiger partial charge on any atom is -0.330 e. The van der Waals surface area contributed by atoms with Crippen LogP contribution in [0.5, 0.6) is 0 Å². The van der Waals surface area contributed by atoms with Crippen molar-refractivity contribution in [3.63, 3.8) is 0 Å². The number of hydrogen-bond donors (Lipinski definition) is 1. The molecule has 0 radical (unpaired) electrons. The number of alkyl halides is 1. The lowest BCUT2D eigenvalue weighted by Crippen LogP contribution is -2.30. The molecule has 0 fully saturated rings. The van der Waals surface area contributed by atoms with Crippen LogP contribution in [0.15, 0.2) is 18.2 Å². The highest BCUT2D eigenvalue weighted by Gasteiger charge is 2.24. The summed E-state index contributed by atoms with van der Waals surface area (Å²) in [5.41, 5.74) is 6.05. The standard InChI is InChI=1S/C13H18ClF2N/c1-8(2)11(7-17)13(16)6-9-5-10(15)3-4-12(9)14/h3-5,8,11,13H,6-7,17H2,1-2H3. The molecule has 0 saturated heterocycles. The lowest BCUT2D eigenvalue weighted by molar-refractivity contribution is 0.185. The highest BCUT2D eigenvalue weighted by molar-refractivity contribution is 6.31. The Hall–Kier alpha value is -0.670. The highest BCUT2D eigenvalue weighted by Crippen LogP contribution is 2.25. The second-order valence-electron chi connectivity index (χ2n) is 4.60. The first-order valence-electron chi connectivity index (χ1n) is 5.73. The SMILES string of the molecule is CC(C)C(CN)C(F)Cc1cc(F)ccc1Cl. The van der Waals surface area contributed by atoms with E-state index in [9.17, 15) is 8.78 Å². The molecule has 96 valence electrons. The molecule has 0 aliphatic rings. The molecule has 2 N–H and O–H groups in total. The Kier molecular flexibility index (Phi) is 5.34. The molecular formula is C13H18ClF2N. The van der Waals surface area contributed by atoms with Crippen molar-refractivity contribution in [2.75, 3.05) is 6.54 Å². The van der Waals surface area contributed by atoms with Gasteiger partial charge in [-0.05, 0) is 36.2 Å². The Morgan fingerprint density at radius 1 is 1.35 bits per heavy atom. The van der Waals surface area contributed by atoms with E-state index in [1.165, 1.54) is 18.2 Å². The van der Waals surface area contributed by atoms with Crippen molar-refractivity contribution in [2.24, 2.45) is 17.6 Å². The summed E-state index contributed by atoms with van der Waals surface area (Å²) in [5.74, 6) is -0.470. The lowest BCUT2D eigenvalue weighted by atomic mass is 9.88. The second-order valence-corrected chi connectivity index (χ2v) is 5.01. The summed E-state index contributed by atoms with van der Waals surface area (Å²) < 4.78 is 27.1. The first kappa shape index (κ1) is 14.4. The molecule has 2 unspecified atom stereocenters. The van der Waals surface area contributed by atoms with E-state index in [0.717, 1.165) is 0 Å². The van der Waals surface area contributed by atoms with Gasteiger partial charge in [-0.25, -0.2) is 8.78 Å². The average molecular weight is 262 g/mol. The van der Waals surface area contributed by atoms with Crippen molar-refractivity contribution < 1.29 is 8.78 Å². The third-order valence-electron chi connectivity index (χ3n) is 3.02. The fourth-order valence-corrected chi connectivity index (χ4v) is 2.09. The normalized spacial score (nSPS) is 15.0. The Balaban J connectivity index is 2.79. The minimum absolute atomic E-state index is 0.108. The number of rotatable bonds is 5. The van der Waals surface area contributed by atoms with Gasteiger partial charge in [-0.1, -0.05) is 25.4 Å². The van der Waals surface area contributed by atoms with E-state index in [4.69, 9.17) is 17.3 Å². The van der Waals surface area contributed by atoms with Crippen molar-refractivity contribution in [2.45, 2.75) is 26.4 Å². The molecule has 1 aromatic rings. The van der Waals surface area contributed by atoms with E-state index in [0.29, 0.717) is 10.6 Å². The molecule has 1 nitrogen and oxygen atoms in total. The molecule has 0 spiro atoms. The summed E-state index contributed by atoms with van der Waals surface area (Å²) in [7, 11) is 0. The summed E-state index contributed by atoms with van der Waals surface area (Å²) in [4.78, 5) is 0. The molecule has 4 heteroatoms. The molecule has 0 amide bonds. The molecular weight excluding hydrogens is 244 g/mol. The summed E-state index contributed by atoms with van der Waals surface area (Å²) in [6, 6.07) is 4.00. The highest BCUT2D eigenvalue weighted by atomic mass is 35.5. The molecule has 0 bridgehead atoms. The topological polar surface area (TPSA) is 26.0 Å². The van der Waals surface area contributed by atoms with E-state index in [-0.39, 0.29) is 24.8 Å². The van der Waals surface area contributed by atoms with Gasteiger partial charge in [-0.3, -0.25) is 0 Å². The largest absolute Gasteiger partial charge is 0.330 e. The number of hydrogen-bond acceptors (Lipinski definition) is 1. The van der Waals surface area contributed by atoms with Gasteiger partial charge < -0.3 is 5.73 Å². The maximum absolute atomic E-state index is 14.1. The Morgan fingerprint density at radius 3 is 2.53 bits per heavy atom.